The molecule has 0 unspecified atom stereocenters. The maximum atomic E-state index is 2.50. The normalized spacial score (nSPS) is 40.3. The molecule has 0 aromatic heterocycles. The Hall–Kier alpha value is 0.700. The quantitative estimate of drug-likeness (QED) is 0.592. The van der Waals surface area contributed by atoms with Crippen molar-refractivity contribution in [2.75, 3.05) is 11.5 Å². The van der Waals surface area contributed by atoms with E-state index >= 15 is 0 Å². The second-order valence-electron chi connectivity index (χ2n) is 7.12. The van der Waals surface area contributed by atoms with Crippen LogP contribution in [0.15, 0.2) is 0 Å². The van der Waals surface area contributed by atoms with Crippen LogP contribution < -0.4 is 0 Å². The first-order chi connectivity index (χ1) is 9.17. The molecule has 1 aliphatic heterocycles. The monoisotopic (exact) mass is 300 g/mol. The highest BCUT2D eigenvalue weighted by Gasteiger charge is 2.36. The Bertz CT molecular complexity index is 248. The van der Waals surface area contributed by atoms with E-state index in [4.69, 9.17) is 0 Å². The lowest BCUT2D eigenvalue weighted by Crippen LogP contribution is -2.32. The van der Waals surface area contributed by atoms with Gasteiger partial charge in [-0.3, -0.25) is 0 Å². The van der Waals surface area contributed by atoms with Crippen LogP contribution in [0.5, 0.6) is 0 Å². The fraction of sp³-hybridized carbons (Fsp3) is 1.00. The van der Waals surface area contributed by atoms with Crippen molar-refractivity contribution >= 4 is 23.5 Å². The maximum Gasteiger partial charge on any atom is 0.0531 e. The minimum absolute atomic E-state index is 0.625. The molecule has 0 aromatic carbocycles. The Morgan fingerprint density at radius 3 is 2.11 bits per heavy atom. The number of rotatable bonds is 5. The van der Waals surface area contributed by atoms with Gasteiger partial charge in [0.15, 0.2) is 0 Å². The molecule has 0 spiro atoms. The molecular weight excluding hydrogens is 268 g/mol. The molecule has 2 rings (SSSR count). The zero-order valence-electron chi connectivity index (χ0n) is 13.1. The van der Waals surface area contributed by atoms with Crippen molar-refractivity contribution in [1.29, 1.82) is 0 Å². The average Bonchev–Trinajstić information content (AvgIpc) is 2.41. The topological polar surface area (TPSA) is 0 Å². The summed E-state index contributed by atoms with van der Waals surface area (Å²) in [6.45, 7) is 7.18. The van der Waals surface area contributed by atoms with E-state index in [1.807, 2.05) is 0 Å². The van der Waals surface area contributed by atoms with E-state index in [0.717, 1.165) is 16.4 Å². The molecule has 0 aromatic rings. The predicted molar refractivity (Wildman–Crippen MR) is 92.1 cm³/mol. The minimum atomic E-state index is 0.625. The first kappa shape index (κ1) is 16.1. The highest BCUT2D eigenvalue weighted by Crippen LogP contribution is 2.49. The second kappa shape index (κ2) is 7.64. The van der Waals surface area contributed by atoms with E-state index in [1.54, 1.807) is 0 Å². The van der Waals surface area contributed by atoms with Crippen molar-refractivity contribution in [1.82, 2.24) is 0 Å². The van der Waals surface area contributed by atoms with E-state index in [1.165, 1.54) is 62.9 Å². The Balaban J connectivity index is 1.73. The summed E-state index contributed by atoms with van der Waals surface area (Å²) in [6.07, 6.45) is 11.7. The molecule has 19 heavy (non-hydrogen) atoms. The maximum absolute atomic E-state index is 2.50. The van der Waals surface area contributed by atoms with Crippen molar-refractivity contribution in [2.24, 2.45) is 17.3 Å². The van der Waals surface area contributed by atoms with Crippen molar-refractivity contribution in [3.63, 3.8) is 0 Å². The molecule has 1 saturated heterocycles. The third-order valence-corrected chi connectivity index (χ3v) is 8.99. The molecule has 0 amide bonds. The minimum Gasteiger partial charge on any atom is -0.147 e. The number of hydrogen-bond acceptors (Lipinski definition) is 2. The SMILES string of the molecule is CCCC1CCC(C2SCC(C)(CCC)CS2)CC1. The van der Waals surface area contributed by atoms with Crippen LogP contribution in [-0.4, -0.2) is 16.1 Å². The average molecular weight is 301 g/mol. The Morgan fingerprint density at radius 2 is 1.58 bits per heavy atom. The van der Waals surface area contributed by atoms with E-state index in [-0.39, 0.29) is 0 Å². The summed E-state index contributed by atoms with van der Waals surface area (Å²) in [5.74, 6) is 4.90. The van der Waals surface area contributed by atoms with Crippen LogP contribution in [0.4, 0.5) is 0 Å². The van der Waals surface area contributed by atoms with Gasteiger partial charge in [-0.2, -0.15) is 0 Å². The molecular formula is C17H32S2. The van der Waals surface area contributed by atoms with Crippen molar-refractivity contribution in [3.05, 3.63) is 0 Å². The van der Waals surface area contributed by atoms with E-state index in [0.29, 0.717) is 5.41 Å². The fourth-order valence-corrected chi connectivity index (χ4v) is 7.47. The molecule has 0 atom stereocenters. The molecule has 0 N–H and O–H groups in total. The van der Waals surface area contributed by atoms with Gasteiger partial charge in [0.1, 0.15) is 0 Å². The van der Waals surface area contributed by atoms with Gasteiger partial charge in [-0.1, -0.05) is 52.9 Å². The van der Waals surface area contributed by atoms with Gasteiger partial charge in [0.25, 0.3) is 0 Å². The van der Waals surface area contributed by atoms with Crippen molar-refractivity contribution in [2.45, 2.75) is 76.7 Å². The van der Waals surface area contributed by atoms with E-state index < -0.39 is 0 Å². The summed E-state index contributed by atoms with van der Waals surface area (Å²) in [6, 6.07) is 0. The Kier molecular flexibility index (Phi) is 6.46. The molecule has 1 saturated carbocycles. The second-order valence-corrected chi connectivity index (χ2v) is 9.68. The molecule has 1 heterocycles. The van der Waals surface area contributed by atoms with E-state index in [9.17, 15) is 0 Å². The zero-order chi connectivity index (χ0) is 13.7. The standard InChI is InChI=1S/C17H32S2/c1-4-6-14-7-9-15(10-8-14)16-18-12-17(3,11-5-2)13-19-16/h14-16H,4-13H2,1-3H3. The summed E-state index contributed by atoms with van der Waals surface area (Å²) < 4.78 is 0.924. The molecule has 0 bridgehead atoms. The fourth-order valence-electron chi connectivity index (χ4n) is 3.83. The van der Waals surface area contributed by atoms with E-state index in [2.05, 4.69) is 44.3 Å². The molecule has 2 aliphatic rings. The molecule has 0 radical (unpaired) electrons. The van der Waals surface area contributed by atoms with Crippen LogP contribution >= 0.6 is 23.5 Å². The van der Waals surface area contributed by atoms with Gasteiger partial charge in [-0.15, -0.1) is 23.5 Å². The zero-order valence-corrected chi connectivity index (χ0v) is 14.8. The van der Waals surface area contributed by atoms with Crippen LogP contribution in [-0.2, 0) is 0 Å². The summed E-state index contributed by atoms with van der Waals surface area (Å²) in [7, 11) is 0. The molecule has 0 nitrogen and oxygen atoms in total. The highest BCUT2D eigenvalue weighted by molar-refractivity contribution is 8.17. The third-order valence-electron chi connectivity index (χ3n) is 5.02. The predicted octanol–water partition coefficient (Wildman–Crippen LogP) is 6.21. The lowest BCUT2D eigenvalue weighted by atomic mass is 9.81. The Labute approximate surface area is 129 Å². The van der Waals surface area contributed by atoms with Crippen LogP contribution in [0.3, 0.4) is 0 Å². The molecule has 1 aliphatic carbocycles. The van der Waals surface area contributed by atoms with Gasteiger partial charge in [-0.25, -0.2) is 0 Å². The first-order valence-electron chi connectivity index (χ1n) is 8.40. The Morgan fingerprint density at radius 1 is 0.947 bits per heavy atom. The van der Waals surface area contributed by atoms with Crippen molar-refractivity contribution in [3.8, 4) is 0 Å². The lowest BCUT2D eigenvalue weighted by molar-refractivity contribution is 0.272. The third kappa shape index (κ3) is 4.59. The highest BCUT2D eigenvalue weighted by atomic mass is 32.2. The van der Waals surface area contributed by atoms with Crippen LogP contribution in [0, 0.1) is 17.3 Å². The van der Waals surface area contributed by atoms with Crippen LogP contribution in [0.25, 0.3) is 0 Å². The summed E-state index contributed by atoms with van der Waals surface area (Å²) >= 11 is 4.59. The lowest BCUT2D eigenvalue weighted by Gasteiger charge is -2.41. The number of thioether (sulfide) groups is 2. The van der Waals surface area contributed by atoms with Gasteiger partial charge < -0.3 is 0 Å². The van der Waals surface area contributed by atoms with Gasteiger partial charge in [-0.05, 0) is 36.5 Å². The van der Waals surface area contributed by atoms with Crippen LogP contribution in [0.2, 0.25) is 0 Å². The van der Waals surface area contributed by atoms with Gasteiger partial charge in [0.2, 0.25) is 0 Å². The summed E-state index contributed by atoms with van der Waals surface area (Å²) in [5.41, 5.74) is 0.625. The number of hydrogen-bond donors (Lipinski definition) is 0. The van der Waals surface area contributed by atoms with Gasteiger partial charge >= 0.3 is 0 Å². The first-order valence-corrected chi connectivity index (χ1v) is 10.5. The van der Waals surface area contributed by atoms with Crippen molar-refractivity contribution < 1.29 is 0 Å². The molecule has 112 valence electrons. The smallest absolute Gasteiger partial charge is 0.0531 e. The van der Waals surface area contributed by atoms with Gasteiger partial charge in [0, 0.05) is 11.5 Å². The summed E-state index contributed by atoms with van der Waals surface area (Å²) in [5, 5.41) is 0. The van der Waals surface area contributed by atoms with Crippen LogP contribution in [0.1, 0.15) is 72.1 Å². The largest absolute Gasteiger partial charge is 0.147 e. The summed E-state index contributed by atoms with van der Waals surface area (Å²) in [4.78, 5) is 0. The molecule has 2 fully saturated rings. The van der Waals surface area contributed by atoms with Gasteiger partial charge in [0.05, 0.1) is 4.58 Å². The molecule has 2 heteroatoms.